The first-order valence-electron chi connectivity index (χ1n) is 6.86. The van der Waals surface area contributed by atoms with Crippen LogP contribution in [0.2, 0.25) is 0 Å². The van der Waals surface area contributed by atoms with Crippen molar-refractivity contribution in [2.24, 2.45) is 0 Å². The number of carbonyl (C=O) groups excluding carboxylic acids is 1. The smallest absolute Gasteiger partial charge is 0.336 e. The second kappa shape index (κ2) is 5.23. The molecule has 0 radical (unpaired) electrons. The fraction of sp³-hybridized carbons (Fsp3) is 0.375. The largest absolute Gasteiger partial charge is 0.493 e. The van der Waals surface area contributed by atoms with Crippen molar-refractivity contribution < 1.29 is 23.4 Å². The molecule has 1 aliphatic rings. The molecule has 0 spiro atoms. The quantitative estimate of drug-likeness (QED) is 0.640. The Morgan fingerprint density at radius 2 is 2.09 bits per heavy atom. The summed E-state index contributed by atoms with van der Waals surface area (Å²) < 4.78 is 21.8. The molecule has 0 amide bonds. The van der Waals surface area contributed by atoms with E-state index in [0.29, 0.717) is 40.7 Å². The van der Waals surface area contributed by atoms with Gasteiger partial charge < -0.3 is 18.6 Å². The third-order valence-corrected chi connectivity index (χ3v) is 3.58. The Morgan fingerprint density at radius 3 is 2.68 bits per heavy atom. The molecule has 1 aromatic heterocycles. The van der Waals surface area contributed by atoms with Gasteiger partial charge in [-0.15, -0.1) is 0 Å². The van der Waals surface area contributed by atoms with Crippen LogP contribution in [0.25, 0.3) is 11.0 Å². The van der Waals surface area contributed by atoms with Gasteiger partial charge in [0.2, 0.25) is 0 Å². The lowest BCUT2D eigenvalue weighted by atomic mass is 10.0. The molecule has 0 bridgehead atoms. The van der Waals surface area contributed by atoms with E-state index in [0.717, 1.165) is 0 Å². The van der Waals surface area contributed by atoms with Crippen LogP contribution in [0.1, 0.15) is 35.9 Å². The van der Waals surface area contributed by atoms with Crippen LogP contribution in [0.5, 0.6) is 5.75 Å². The number of benzene rings is 1. The van der Waals surface area contributed by atoms with E-state index in [2.05, 4.69) is 0 Å². The van der Waals surface area contributed by atoms with Crippen molar-refractivity contribution in [1.82, 2.24) is 0 Å². The highest BCUT2D eigenvalue weighted by Gasteiger charge is 2.35. The molecular formula is C16H16O6. The summed E-state index contributed by atoms with van der Waals surface area (Å²) >= 11 is 0. The summed E-state index contributed by atoms with van der Waals surface area (Å²) in [5, 5.41) is 0.604. The van der Waals surface area contributed by atoms with Crippen LogP contribution in [-0.4, -0.2) is 25.8 Å². The molecule has 1 aromatic carbocycles. The van der Waals surface area contributed by atoms with Crippen LogP contribution >= 0.6 is 0 Å². The van der Waals surface area contributed by atoms with Gasteiger partial charge in [0, 0.05) is 22.6 Å². The number of carbonyl (C=O) groups is 1. The number of hydrogen-bond acceptors (Lipinski definition) is 6. The Morgan fingerprint density at radius 1 is 1.32 bits per heavy atom. The van der Waals surface area contributed by atoms with Crippen LogP contribution in [0.3, 0.4) is 0 Å². The average molecular weight is 304 g/mol. The molecule has 1 fully saturated rings. The lowest BCUT2D eigenvalue weighted by Gasteiger charge is -2.18. The van der Waals surface area contributed by atoms with E-state index < -0.39 is 17.5 Å². The summed E-state index contributed by atoms with van der Waals surface area (Å²) in [6.07, 6.45) is 0.306. The van der Waals surface area contributed by atoms with E-state index in [-0.39, 0.29) is 0 Å². The number of ether oxygens (including phenoxy) is 3. The Labute approximate surface area is 126 Å². The summed E-state index contributed by atoms with van der Waals surface area (Å²) in [6, 6.07) is 4.54. The first kappa shape index (κ1) is 14.7. The zero-order chi connectivity index (χ0) is 15.9. The molecule has 22 heavy (non-hydrogen) atoms. The Kier molecular flexibility index (Phi) is 3.50. The van der Waals surface area contributed by atoms with Crippen LogP contribution in [-0.2, 0) is 9.47 Å². The van der Waals surface area contributed by atoms with E-state index in [1.807, 2.05) is 0 Å². The third-order valence-electron chi connectivity index (χ3n) is 3.58. The van der Waals surface area contributed by atoms with Gasteiger partial charge in [-0.2, -0.15) is 0 Å². The van der Waals surface area contributed by atoms with Gasteiger partial charge in [-0.05, 0) is 26.0 Å². The van der Waals surface area contributed by atoms with Gasteiger partial charge in [0.1, 0.15) is 12.4 Å². The second-order valence-corrected chi connectivity index (χ2v) is 5.56. The van der Waals surface area contributed by atoms with Crippen LogP contribution in [0.4, 0.5) is 0 Å². The summed E-state index contributed by atoms with van der Waals surface area (Å²) in [5.41, 5.74) is 0.841. The lowest BCUT2D eigenvalue weighted by molar-refractivity contribution is -0.138. The number of hydrogen-bond donors (Lipinski definition) is 0. The second-order valence-electron chi connectivity index (χ2n) is 5.56. The normalized spacial score (nSPS) is 20.2. The minimum absolute atomic E-state index is 0.295. The predicted octanol–water partition coefficient (Wildman–Crippen LogP) is 2.44. The molecular weight excluding hydrogens is 288 g/mol. The number of rotatable bonds is 3. The van der Waals surface area contributed by atoms with Gasteiger partial charge in [-0.3, -0.25) is 4.79 Å². The Bertz CT molecular complexity index is 789. The molecule has 2 aromatic rings. The highest BCUT2D eigenvalue weighted by Crippen LogP contribution is 2.37. The van der Waals surface area contributed by atoms with E-state index in [1.165, 1.54) is 19.2 Å². The standard InChI is InChI=1S/C16H16O6/c1-16(2)20-8-13(22-16)10-6-14(18)21-15-11(10)4-9(7-17)5-12(15)19-3/h4-7,13H,8H2,1-3H3/t13-/m1/s1. The molecule has 6 heteroatoms. The molecule has 1 atom stereocenters. The van der Waals surface area contributed by atoms with Crippen molar-refractivity contribution in [1.29, 1.82) is 0 Å². The summed E-state index contributed by atoms with van der Waals surface area (Å²) in [7, 11) is 1.45. The number of methoxy groups -OCH3 is 1. The molecule has 6 nitrogen and oxygen atoms in total. The molecule has 1 aliphatic heterocycles. The zero-order valence-electron chi connectivity index (χ0n) is 12.5. The summed E-state index contributed by atoms with van der Waals surface area (Å²) in [5.74, 6) is -0.393. The molecule has 1 saturated heterocycles. The van der Waals surface area contributed by atoms with Crippen molar-refractivity contribution in [3.63, 3.8) is 0 Å². The van der Waals surface area contributed by atoms with Crippen LogP contribution in [0.15, 0.2) is 27.4 Å². The van der Waals surface area contributed by atoms with Gasteiger partial charge in [0.05, 0.1) is 13.7 Å². The molecule has 116 valence electrons. The topological polar surface area (TPSA) is 75.0 Å². The van der Waals surface area contributed by atoms with Crippen molar-refractivity contribution >= 4 is 17.3 Å². The molecule has 0 aliphatic carbocycles. The van der Waals surface area contributed by atoms with Gasteiger partial charge >= 0.3 is 5.63 Å². The molecule has 0 saturated carbocycles. The molecule has 3 rings (SSSR count). The Hall–Kier alpha value is -2.18. The number of aldehydes is 1. The van der Waals surface area contributed by atoms with Crippen LogP contribution < -0.4 is 10.4 Å². The maximum atomic E-state index is 11.9. The minimum atomic E-state index is -0.723. The summed E-state index contributed by atoms with van der Waals surface area (Å²) in [6.45, 7) is 3.93. The maximum absolute atomic E-state index is 11.9. The van der Waals surface area contributed by atoms with Gasteiger partial charge in [0.15, 0.2) is 17.1 Å². The van der Waals surface area contributed by atoms with E-state index in [4.69, 9.17) is 18.6 Å². The highest BCUT2D eigenvalue weighted by atomic mass is 16.7. The van der Waals surface area contributed by atoms with Gasteiger partial charge in [-0.1, -0.05) is 0 Å². The summed E-state index contributed by atoms with van der Waals surface area (Å²) in [4.78, 5) is 23.0. The lowest BCUT2D eigenvalue weighted by Crippen LogP contribution is -2.20. The first-order valence-corrected chi connectivity index (χ1v) is 6.86. The molecule has 2 heterocycles. The molecule has 0 unspecified atom stereocenters. The minimum Gasteiger partial charge on any atom is -0.493 e. The van der Waals surface area contributed by atoms with E-state index in [1.54, 1.807) is 19.9 Å². The fourth-order valence-corrected chi connectivity index (χ4v) is 2.60. The zero-order valence-corrected chi connectivity index (χ0v) is 12.5. The first-order chi connectivity index (χ1) is 10.4. The van der Waals surface area contributed by atoms with Crippen LogP contribution in [0, 0.1) is 0 Å². The monoisotopic (exact) mass is 304 g/mol. The Balaban J connectivity index is 2.25. The van der Waals surface area contributed by atoms with E-state index in [9.17, 15) is 9.59 Å². The van der Waals surface area contributed by atoms with E-state index >= 15 is 0 Å². The van der Waals surface area contributed by atoms with Gasteiger partial charge in [-0.25, -0.2) is 4.79 Å². The number of fused-ring (bicyclic) bond motifs is 1. The average Bonchev–Trinajstić information content (AvgIpc) is 2.85. The van der Waals surface area contributed by atoms with Crippen molar-refractivity contribution in [2.45, 2.75) is 25.7 Å². The predicted molar refractivity (Wildman–Crippen MR) is 78.3 cm³/mol. The maximum Gasteiger partial charge on any atom is 0.336 e. The van der Waals surface area contributed by atoms with Crippen molar-refractivity contribution in [3.8, 4) is 5.75 Å². The fourth-order valence-electron chi connectivity index (χ4n) is 2.60. The van der Waals surface area contributed by atoms with Crippen molar-refractivity contribution in [3.05, 3.63) is 39.7 Å². The third kappa shape index (κ3) is 2.51. The molecule has 0 N–H and O–H groups in total. The SMILES string of the molecule is COc1cc(C=O)cc2c([C@H]3COC(C)(C)O3)cc(=O)oc12. The van der Waals surface area contributed by atoms with Crippen molar-refractivity contribution in [2.75, 3.05) is 13.7 Å². The highest BCUT2D eigenvalue weighted by molar-refractivity contribution is 5.92. The van der Waals surface area contributed by atoms with Gasteiger partial charge in [0.25, 0.3) is 0 Å².